The van der Waals surface area contributed by atoms with Crippen LogP contribution in [0.4, 0.5) is 0 Å². The lowest BCUT2D eigenvalue weighted by Gasteiger charge is -2.45. The van der Waals surface area contributed by atoms with E-state index in [9.17, 15) is 0 Å². The van der Waals surface area contributed by atoms with E-state index in [-0.39, 0.29) is 5.04 Å². The number of hydrogen-bond acceptors (Lipinski definition) is 2. The van der Waals surface area contributed by atoms with Gasteiger partial charge in [0.1, 0.15) is 0 Å². The Hall–Kier alpha value is -1.16. The molecule has 0 aliphatic heterocycles. The van der Waals surface area contributed by atoms with Crippen LogP contribution in [0.25, 0.3) is 10.8 Å². The van der Waals surface area contributed by atoms with Gasteiger partial charge in [-0.15, -0.1) is 0 Å². The SMILES string of the molecule is CCCC(C)C(C)(C)[Si](OC)(OC)c1ccc2cccc(C)c2c1. The average molecular weight is 345 g/mol. The van der Waals surface area contributed by atoms with E-state index in [1.807, 2.05) is 14.2 Å². The van der Waals surface area contributed by atoms with Crippen LogP contribution in [0.1, 0.15) is 46.1 Å². The monoisotopic (exact) mass is 344 g/mol. The molecule has 0 spiro atoms. The third-order valence-electron chi connectivity index (χ3n) is 5.86. The number of fused-ring (bicyclic) bond motifs is 1. The third-order valence-corrected chi connectivity index (χ3v) is 10.3. The maximum absolute atomic E-state index is 6.21. The third kappa shape index (κ3) is 3.05. The topological polar surface area (TPSA) is 18.5 Å². The largest absolute Gasteiger partial charge is 0.394 e. The fraction of sp³-hybridized carbons (Fsp3) is 0.524. The lowest BCUT2D eigenvalue weighted by molar-refractivity contribution is 0.199. The standard InChI is InChI=1S/C21H32O2Si/c1-8-10-17(3)21(4,5)24(22-6,23-7)19-14-13-18-12-9-11-16(2)20(18)15-19/h9,11-15,17H,8,10H2,1-7H3. The van der Waals surface area contributed by atoms with E-state index in [2.05, 4.69) is 71.0 Å². The molecule has 2 nitrogen and oxygen atoms in total. The molecule has 0 heterocycles. The van der Waals surface area contributed by atoms with Gasteiger partial charge >= 0.3 is 8.56 Å². The maximum Gasteiger partial charge on any atom is 0.378 e. The van der Waals surface area contributed by atoms with Crippen LogP contribution < -0.4 is 5.19 Å². The van der Waals surface area contributed by atoms with Gasteiger partial charge in [-0.05, 0) is 34.4 Å². The summed E-state index contributed by atoms with van der Waals surface area (Å²) in [6.07, 6.45) is 2.36. The quantitative estimate of drug-likeness (QED) is 0.634. The van der Waals surface area contributed by atoms with Gasteiger partial charge in [0.2, 0.25) is 0 Å². The summed E-state index contributed by atoms with van der Waals surface area (Å²) in [6, 6.07) is 13.2. The second kappa shape index (κ2) is 7.38. The van der Waals surface area contributed by atoms with Gasteiger partial charge in [0, 0.05) is 19.3 Å². The van der Waals surface area contributed by atoms with Gasteiger partial charge in [-0.2, -0.15) is 0 Å². The summed E-state index contributed by atoms with van der Waals surface area (Å²) in [4.78, 5) is 0. The zero-order valence-electron chi connectivity index (χ0n) is 16.3. The van der Waals surface area contributed by atoms with Crippen molar-refractivity contribution in [3.8, 4) is 0 Å². The lowest BCUT2D eigenvalue weighted by atomic mass is 9.92. The summed E-state index contributed by atoms with van der Waals surface area (Å²) in [5, 5.41) is 3.76. The molecule has 0 N–H and O–H groups in total. The predicted molar refractivity (Wildman–Crippen MR) is 106 cm³/mol. The van der Waals surface area contributed by atoms with Crippen LogP contribution in [-0.4, -0.2) is 22.8 Å². The Labute approximate surface area is 148 Å². The summed E-state index contributed by atoms with van der Waals surface area (Å²) < 4.78 is 12.4. The molecule has 2 rings (SSSR count). The number of aryl methyl sites for hydroxylation is 1. The van der Waals surface area contributed by atoms with Gasteiger partial charge in [-0.3, -0.25) is 0 Å². The van der Waals surface area contributed by atoms with Crippen molar-refractivity contribution in [3.63, 3.8) is 0 Å². The van der Waals surface area contributed by atoms with Gasteiger partial charge in [0.05, 0.1) is 0 Å². The zero-order chi connectivity index (χ0) is 18.0. The van der Waals surface area contributed by atoms with Crippen LogP contribution >= 0.6 is 0 Å². The molecule has 0 radical (unpaired) electrons. The minimum absolute atomic E-state index is 0.0249. The lowest BCUT2D eigenvalue weighted by Crippen LogP contribution is -2.61. The molecule has 2 aromatic rings. The van der Waals surface area contributed by atoms with Crippen molar-refractivity contribution in [1.29, 1.82) is 0 Å². The first-order valence-corrected chi connectivity index (χ1v) is 10.8. The molecule has 3 heteroatoms. The molecule has 0 bridgehead atoms. The highest BCUT2D eigenvalue weighted by Crippen LogP contribution is 2.46. The Bertz CT molecular complexity index is 689. The van der Waals surface area contributed by atoms with Crippen molar-refractivity contribution in [2.75, 3.05) is 14.2 Å². The fourth-order valence-electron chi connectivity index (χ4n) is 3.97. The predicted octanol–water partition coefficient (Wildman–Crippen LogP) is 5.31. The van der Waals surface area contributed by atoms with E-state index in [1.165, 1.54) is 34.4 Å². The normalized spacial score (nSPS) is 14.1. The van der Waals surface area contributed by atoms with E-state index in [4.69, 9.17) is 8.85 Å². The Morgan fingerprint density at radius 2 is 1.75 bits per heavy atom. The first kappa shape index (κ1) is 19.2. The van der Waals surface area contributed by atoms with E-state index in [0.29, 0.717) is 5.92 Å². The summed E-state index contributed by atoms with van der Waals surface area (Å²) in [5.41, 5.74) is 1.30. The highest BCUT2D eigenvalue weighted by atomic mass is 28.4. The maximum atomic E-state index is 6.21. The van der Waals surface area contributed by atoms with Crippen molar-refractivity contribution in [1.82, 2.24) is 0 Å². The van der Waals surface area contributed by atoms with Crippen molar-refractivity contribution in [3.05, 3.63) is 42.0 Å². The first-order valence-electron chi connectivity index (χ1n) is 8.94. The van der Waals surface area contributed by atoms with Crippen LogP contribution in [0.2, 0.25) is 5.04 Å². The molecule has 24 heavy (non-hydrogen) atoms. The van der Waals surface area contributed by atoms with Crippen molar-refractivity contribution >= 4 is 24.5 Å². The molecular formula is C21H32O2Si. The van der Waals surface area contributed by atoms with Gasteiger partial charge in [0.15, 0.2) is 0 Å². The van der Waals surface area contributed by atoms with E-state index in [1.54, 1.807) is 0 Å². The molecule has 0 saturated carbocycles. The number of rotatable bonds is 7. The molecule has 132 valence electrons. The molecule has 0 amide bonds. The summed E-state index contributed by atoms with van der Waals surface area (Å²) in [7, 11) is 1.05. The summed E-state index contributed by atoms with van der Waals surface area (Å²) >= 11 is 0. The van der Waals surface area contributed by atoms with Crippen LogP contribution in [0.3, 0.4) is 0 Å². The van der Waals surface area contributed by atoms with Gasteiger partial charge in [-0.1, -0.05) is 76.9 Å². The molecule has 1 unspecified atom stereocenters. The second-order valence-electron chi connectivity index (χ2n) is 7.45. The van der Waals surface area contributed by atoms with Gasteiger partial charge < -0.3 is 8.85 Å². The summed E-state index contributed by atoms with van der Waals surface area (Å²) in [5.74, 6) is 0.529. The first-order chi connectivity index (χ1) is 11.3. The highest BCUT2D eigenvalue weighted by Gasteiger charge is 2.55. The highest BCUT2D eigenvalue weighted by molar-refractivity contribution is 6.83. The van der Waals surface area contributed by atoms with Crippen molar-refractivity contribution < 1.29 is 8.85 Å². The Morgan fingerprint density at radius 3 is 2.33 bits per heavy atom. The molecule has 1 atom stereocenters. The molecule has 0 fully saturated rings. The molecule has 2 aromatic carbocycles. The minimum Gasteiger partial charge on any atom is -0.394 e. The van der Waals surface area contributed by atoms with Crippen LogP contribution in [0.5, 0.6) is 0 Å². The van der Waals surface area contributed by atoms with Crippen LogP contribution in [0.15, 0.2) is 36.4 Å². The van der Waals surface area contributed by atoms with E-state index < -0.39 is 8.56 Å². The number of benzene rings is 2. The van der Waals surface area contributed by atoms with E-state index >= 15 is 0 Å². The molecular weight excluding hydrogens is 312 g/mol. The Morgan fingerprint density at radius 1 is 1.08 bits per heavy atom. The number of hydrogen-bond donors (Lipinski definition) is 0. The van der Waals surface area contributed by atoms with Gasteiger partial charge in [0.25, 0.3) is 0 Å². The van der Waals surface area contributed by atoms with Crippen LogP contribution in [-0.2, 0) is 8.85 Å². The Kier molecular flexibility index (Phi) is 5.90. The smallest absolute Gasteiger partial charge is 0.378 e. The summed E-state index contributed by atoms with van der Waals surface area (Å²) in [6.45, 7) is 11.4. The molecule has 0 aliphatic carbocycles. The fourth-order valence-corrected chi connectivity index (χ4v) is 7.83. The second-order valence-corrected chi connectivity index (χ2v) is 11.4. The molecule has 0 aromatic heterocycles. The van der Waals surface area contributed by atoms with Gasteiger partial charge in [-0.25, -0.2) is 0 Å². The zero-order valence-corrected chi connectivity index (χ0v) is 17.3. The van der Waals surface area contributed by atoms with E-state index in [0.717, 1.165) is 0 Å². The minimum atomic E-state index is -2.59. The van der Waals surface area contributed by atoms with Crippen molar-refractivity contribution in [2.45, 2.75) is 52.5 Å². The molecule has 0 aliphatic rings. The Balaban J connectivity index is 2.64. The van der Waals surface area contributed by atoms with Crippen molar-refractivity contribution in [2.24, 2.45) is 5.92 Å². The average Bonchev–Trinajstić information content (AvgIpc) is 2.57. The molecule has 0 saturated heterocycles. The van der Waals surface area contributed by atoms with Crippen LogP contribution in [0, 0.1) is 12.8 Å².